The third-order valence-corrected chi connectivity index (χ3v) is 5.62. The molecule has 1 aliphatic rings. The van der Waals surface area contributed by atoms with Crippen LogP contribution in [0.2, 0.25) is 0 Å². The van der Waals surface area contributed by atoms with E-state index in [-0.39, 0.29) is 11.1 Å². The van der Waals surface area contributed by atoms with Crippen LogP contribution in [0.4, 0.5) is 19.0 Å². The first-order chi connectivity index (χ1) is 15.1. The predicted octanol–water partition coefficient (Wildman–Crippen LogP) is 3.57. The van der Waals surface area contributed by atoms with Crippen molar-refractivity contribution in [2.24, 2.45) is 0 Å². The van der Waals surface area contributed by atoms with Gasteiger partial charge in [-0.2, -0.15) is 13.2 Å². The molecule has 1 saturated heterocycles. The number of hydrogen-bond acceptors (Lipinski definition) is 6. The summed E-state index contributed by atoms with van der Waals surface area (Å²) in [7, 11) is 0. The molecule has 10 heteroatoms. The second-order valence-corrected chi connectivity index (χ2v) is 7.82. The number of pyridine rings is 1. The maximum absolute atomic E-state index is 13.4. The first-order valence-corrected chi connectivity index (χ1v) is 10.3. The first kappa shape index (κ1) is 22.1. The van der Waals surface area contributed by atoms with Gasteiger partial charge in [0.15, 0.2) is 0 Å². The number of alkyl halides is 3. The first-order valence-electron chi connectivity index (χ1n) is 10.3. The van der Waals surface area contributed by atoms with Crippen molar-refractivity contribution in [3.63, 3.8) is 0 Å². The summed E-state index contributed by atoms with van der Waals surface area (Å²) in [5.74, 6) is 0.912. The van der Waals surface area contributed by atoms with Crippen molar-refractivity contribution in [1.29, 1.82) is 0 Å². The van der Waals surface area contributed by atoms with Crippen LogP contribution in [0.25, 0.3) is 10.9 Å². The van der Waals surface area contributed by atoms with Crippen LogP contribution < -0.4 is 15.9 Å². The Morgan fingerprint density at radius 3 is 2.56 bits per heavy atom. The SMILES string of the molecule is Cc1nc(N[C@H](C)c2cccc(C(F)(F)F)c2C)c2cn(N3CCOCC3)c(=O)cc2n1. The van der Waals surface area contributed by atoms with Crippen molar-refractivity contribution >= 4 is 16.7 Å². The van der Waals surface area contributed by atoms with Gasteiger partial charge >= 0.3 is 6.18 Å². The van der Waals surface area contributed by atoms with E-state index in [1.165, 1.54) is 23.7 Å². The van der Waals surface area contributed by atoms with Crippen molar-refractivity contribution < 1.29 is 17.9 Å². The Bertz CT molecular complexity index is 1200. The number of rotatable bonds is 4. The van der Waals surface area contributed by atoms with Gasteiger partial charge in [-0.15, -0.1) is 0 Å². The Hall–Kier alpha value is -3.14. The number of ether oxygens (including phenoxy) is 1. The highest BCUT2D eigenvalue weighted by Crippen LogP contribution is 2.35. The molecule has 0 saturated carbocycles. The fraction of sp³-hybridized carbons (Fsp3) is 0.409. The maximum atomic E-state index is 13.4. The quantitative estimate of drug-likeness (QED) is 0.659. The summed E-state index contributed by atoms with van der Waals surface area (Å²) in [6.07, 6.45) is -2.75. The van der Waals surface area contributed by atoms with Gasteiger partial charge < -0.3 is 15.1 Å². The summed E-state index contributed by atoms with van der Waals surface area (Å²) >= 11 is 0. The van der Waals surface area contributed by atoms with Crippen LogP contribution in [0.1, 0.15) is 35.5 Å². The molecule has 0 aliphatic carbocycles. The van der Waals surface area contributed by atoms with Gasteiger partial charge in [0.1, 0.15) is 11.6 Å². The van der Waals surface area contributed by atoms with Crippen LogP contribution in [-0.2, 0) is 10.9 Å². The van der Waals surface area contributed by atoms with Crippen LogP contribution in [0, 0.1) is 13.8 Å². The molecule has 0 bridgehead atoms. The molecular weight excluding hydrogens is 423 g/mol. The van der Waals surface area contributed by atoms with Crippen molar-refractivity contribution in [2.75, 3.05) is 36.6 Å². The minimum atomic E-state index is -4.42. The molecule has 1 aromatic carbocycles. The fourth-order valence-electron chi connectivity index (χ4n) is 4.02. The van der Waals surface area contributed by atoms with Crippen LogP contribution in [0.5, 0.6) is 0 Å². The number of nitrogens with zero attached hydrogens (tertiary/aromatic N) is 4. The van der Waals surface area contributed by atoms with E-state index in [0.29, 0.717) is 54.4 Å². The maximum Gasteiger partial charge on any atom is 0.416 e. The van der Waals surface area contributed by atoms with Crippen LogP contribution in [-0.4, -0.2) is 40.9 Å². The van der Waals surface area contributed by atoms with Crippen LogP contribution >= 0.6 is 0 Å². The van der Waals surface area contributed by atoms with E-state index in [1.807, 2.05) is 5.01 Å². The number of nitrogens with one attached hydrogen (secondary N) is 1. The Morgan fingerprint density at radius 1 is 1.16 bits per heavy atom. The smallest absolute Gasteiger partial charge is 0.378 e. The lowest BCUT2D eigenvalue weighted by Crippen LogP contribution is -2.48. The van der Waals surface area contributed by atoms with Gasteiger partial charge in [0.2, 0.25) is 0 Å². The van der Waals surface area contributed by atoms with Gasteiger partial charge in [-0.3, -0.25) is 4.79 Å². The number of halogens is 3. The van der Waals surface area contributed by atoms with Crippen molar-refractivity contribution in [3.8, 4) is 0 Å². The molecule has 7 nitrogen and oxygen atoms in total. The van der Waals surface area contributed by atoms with Crippen molar-refractivity contribution in [1.82, 2.24) is 14.6 Å². The lowest BCUT2D eigenvalue weighted by Gasteiger charge is -2.30. The van der Waals surface area contributed by atoms with E-state index in [4.69, 9.17) is 4.74 Å². The number of fused-ring (bicyclic) bond motifs is 1. The summed E-state index contributed by atoms with van der Waals surface area (Å²) in [5.41, 5.74) is 0.285. The highest BCUT2D eigenvalue weighted by atomic mass is 19.4. The summed E-state index contributed by atoms with van der Waals surface area (Å²) in [5, 5.41) is 5.73. The standard InChI is InChI=1S/C22H24F3N5O2/c1-13-16(5-4-6-18(13)22(23,24)25)14(2)26-21-17-12-30(29-7-9-32-10-8-29)20(31)11-19(17)27-15(3)28-21/h4-6,11-12,14H,7-10H2,1-3H3,(H,26,27,28)/t14-/m1/s1. The van der Waals surface area contributed by atoms with E-state index in [2.05, 4.69) is 15.3 Å². The van der Waals surface area contributed by atoms with Gasteiger partial charge in [0.25, 0.3) is 5.56 Å². The zero-order chi connectivity index (χ0) is 23.0. The number of benzene rings is 1. The number of aromatic nitrogens is 3. The molecule has 0 spiro atoms. The minimum Gasteiger partial charge on any atom is -0.378 e. The molecule has 0 radical (unpaired) electrons. The van der Waals surface area contributed by atoms with Gasteiger partial charge in [0.05, 0.1) is 48.8 Å². The Labute approximate surface area is 182 Å². The largest absolute Gasteiger partial charge is 0.416 e. The molecular formula is C22H24F3N5O2. The molecule has 1 atom stereocenters. The molecule has 2 aromatic heterocycles. The molecule has 1 fully saturated rings. The molecule has 1 N–H and O–H groups in total. The molecule has 0 unspecified atom stereocenters. The lowest BCUT2D eigenvalue weighted by molar-refractivity contribution is -0.138. The van der Waals surface area contributed by atoms with E-state index in [0.717, 1.165) is 6.07 Å². The molecule has 3 heterocycles. The third kappa shape index (κ3) is 4.27. The summed E-state index contributed by atoms with van der Waals surface area (Å²) in [6.45, 7) is 7.14. The molecule has 3 aromatic rings. The molecule has 1 aliphatic heterocycles. The summed E-state index contributed by atoms with van der Waals surface area (Å²) < 4.78 is 46.9. The lowest BCUT2D eigenvalue weighted by atomic mass is 9.97. The van der Waals surface area contributed by atoms with E-state index >= 15 is 0 Å². The number of morpholine rings is 1. The number of hydrogen-bond donors (Lipinski definition) is 1. The van der Waals surface area contributed by atoms with Gasteiger partial charge in [-0.25, -0.2) is 14.6 Å². The van der Waals surface area contributed by atoms with E-state index in [9.17, 15) is 18.0 Å². The Balaban J connectivity index is 1.75. The van der Waals surface area contributed by atoms with Crippen LogP contribution in [0.3, 0.4) is 0 Å². The Morgan fingerprint density at radius 2 is 1.88 bits per heavy atom. The fourth-order valence-corrected chi connectivity index (χ4v) is 4.02. The number of anilines is 1. The predicted molar refractivity (Wildman–Crippen MR) is 116 cm³/mol. The summed E-state index contributed by atoms with van der Waals surface area (Å²) in [4.78, 5) is 21.5. The zero-order valence-electron chi connectivity index (χ0n) is 18.0. The highest BCUT2D eigenvalue weighted by Gasteiger charge is 2.33. The topological polar surface area (TPSA) is 72.3 Å². The monoisotopic (exact) mass is 447 g/mol. The van der Waals surface area contributed by atoms with Gasteiger partial charge in [0, 0.05) is 12.3 Å². The molecule has 170 valence electrons. The molecule has 4 rings (SSSR count). The van der Waals surface area contributed by atoms with E-state index < -0.39 is 17.8 Å². The minimum absolute atomic E-state index is 0.167. The third-order valence-electron chi connectivity index (χ3n) is 5.62. The second kappa shape index (κ2) is 8.42. The normalized spacial score (nSPS) is 15.8. The van der Waals surface area contributed by atoms with Gasteiger partial charge in [-0.05, 0) is 38.0 Å². The average Bonchev–Trinajstić information content (AvgIpc) is 2.73. The van der Waals surface area contributed by atoms with Gasteiger partial charge in [-0.1, -0.05) is 12.1 Å². The highest BCUT2D eigenvalue weighted by molar-refractivity contribution is 5.88. The average molecular weight is 447 g/mol. The summed E-state index contributed by atoms with van der Waals surface area (Å²) in [6, 6.07) is 5.14. The van der Waals surface area contributed by atoms with E-state index in [1.54, 1.807) is 26.1 Å². The van der Waals surface area contributed by atoms with Crippen molar-refractivity contribution in [2.45, 2.75) is 33.0 Å². The van der Waals surface area contributed by atoms with Crippen LogP contribution in [0.15, 0.2) is 35.3 Å². The molecule has 0 amide bonds. The number of aryl methyl sites for hydroxylation is 1. The second-order valence-electron chi connectivity index (χ2n) is 7.82. The molecule has 32 heavy (non-hydrogen) atoms. The Kier molecular flexibility index (Phi) is 5.81. The zero-order valence-corrected chi connectivity index (χ0v) is 18.0. The van der Waals surface area contributed by atoms with Crippen molar-refractivity contribution in [3.05, 3.63) is 63.3 Å².